The predicted molar refractivity (Wildman–Crippen MR) is 86.0 cm³/mol. The van der Waals surface area contributed by atoms with Crippen LogP contribution < -0.4 is 0 Å². The van der Waals surface area contributed by atoms with Crippen LogP contribution in [0.25, 0.3) is 0 Å². The number of hydrogen-bond acceptors (Lipinski definition) is 2. The highest BCUT2D eigenvalue weighted by Crippen LogP contribution is 2.35. The van der Waals surface area contributed by atoms with E-state index in [0.29, 0.717) is 0 Å². The number of hydrogen-bond donors (Lipinski definition) is 2. The van der Waals surface area contributed by atoms with Crippen molar-refractivity contribution >= 4 is 6.09 Å². The molecule has 2 rings (SSSR count). The highest BCUT2D eigenvalue weighted by atomic mass is 16.4. The summed E-state index contributed by atoms with van der Waals surface area (Å²) in [7, 11) is 0. The van der Waals surface area contributed by atoms with Crippen LogP contribution in [-0.2, 0) is 0 Å². The van der Waals surface area contributed by atoms with E-state index in [0.717, 1.165) is 11.1 Å². The highest BCUT2D eigenvalue weighted by Gasteiger charge is 2.35. The Kier molecular flexibility index (Phi) is 4.40. The molecule has 1 unspecified atom stereocenters. The monoisotopic (exact) mass is 299 g/mol. The molecule has 0 aliphatic rings. The topological polar surface area (TPSA) is 60.8 Å². The van der Waals surface area contributed by atoms with Crippen molar-refractivity contribution in [2.24, 2.45) is 0 Å². The summed E-state index contributed by atoms with van der Waals surface area (Å²) in [6, 6.07) is 15.7. The van der Waals surface area contributed by atoms with Gasteiger partial charge < -0.3 is 10.2 Å². The molecule has 1 atom stereocenters. The second-order valence-corrected chi connectivity index (χ2v) is 6.23. The second kappa shape index (κ2) is 6.10. The average molecular weight is 299 g/mol. The fraction of sp³-hybridized carbons (Fsp3) is 0.278. The van der Waals surface area contributed by atoms with Gasteiger partial charge in [0.15, 0.2) is 0 Å². The number of benzene rings is 2. The Labute approximate surface area is 130 Å². The molecule has 0 aliphatic carbocycles. The van der Waals surface area contributed by atoms with Gasteiger partial charge in [0.25, 0.3) is 0 Å². The Hall–Kier alpha value is -2.49. The molecule has 0 aliphatic heterocycles. The van der Waals surface area contributed by atoms with Crippen LogP contribution in [-0.4, -0.2) is 26.7 Å². The van der Waals surface area contributed by atoms with E-state index in [1.54, 1.807) is 18.2 Å². The first-order chi connectivity index (χ1) is 10.3. The summed E-state index contributed by atoms with van der Waals surface area (Å²) in [6.45, 7) is 5.58. The summed E-state index contributed by atoms with van der Waals surface area (Å²) in [6.07, 6.45) is -0.996. The largest absolute Gasteiger partial charge is 0.508 e. The van der Waals surface area contributed by atoms with Crippen molar-refractivity contribution in [2.75, 3.05) is 0 Å². The minimum atomic E-state index is -0.996. The molecule has 0 saturated heterocycles. The van der Waals surface area contributed by atoms with Crippen LogP contribution in [0.3, 0.4) is 0 Å². The summed E-state index contributed by atoms with van der Waals surface area (Å²) in [4.78, 5) is 13.3. The smallest absolute Gasteiger partial charge is 0.408 e. The highest BCUT2D eigenvalue weighted by molar-refractivity contribution is 5.68. The summed E-state index contributed by atoms with van der Waals surface area (Å²) < 4.78 is 0. The SMILES string of the molecule is CC(C)(C)N(C(=O)O)C(c1ccccc1)c1cccc(O)c1. The van der Waals surface area contributed by atoms with E-state index in [2.05, 4.69) is 0 Å². The zero-order valence-corrected chi connectivity index (χ0v) is 13.0. The Morgan fingerprint density at radius 3 is 2.09 bits per heavy atom. The van der Waals surface area contributed by atoms with Gasteiger partial charge in [-0.05, 0) is 44.0 Å². The van der Waals surface area contributed by atoms with E-state index in [1.807, 2.05) is 57.2 Å². The number of phenols is 1. The number of nitrogens with zero attached hydrogens (tertiary/aromatic N) is 1. The van der Waals surface area contributed by atoms with E-state index in [-0.39, 0.29) is 5.75 Å². The number of carbonyl (C=O) groups is 1. The minimum absolute atomic E-state index is 0.123. The van der Waals surface area contributed by atoms with Crippen LogP contribution in [0.2, 0.25) is 0 Å². The predicted octanol–water partition coefficient (Wildman–Crippen LogP) is 4.26. The maximum atomic E-state index is 11.9. The third kappa shape index (κ3) is 3.39. The van der Waals surface area contributed by atoms with Crippen molar-refractivity contribution in [1.29, 1.82) is 0 Å². The van der Waals surface area contributed by atoms with Gasteiger partial charge >= 0.3 is 6.09 Å². The molecule has 22 heavy (non-hydrogen) atoms. The Balaban J connectivity index is 2.62. The number of phenolic OH excluding ortho intramolecular Hbond substituents is 1. The number of amides is 1. The van der Waals surface area contributed by atoms with Gasteiger partial charge in [-0.2, -0.15) is 0 Å². The fourth-order valence-electron chi connectivity index (χ4n) is 2.61. The van der Waals surface area contributed by atoms with Gasteiger partial charge in [-0.25, -0.2) is 4.79 Å². The minimum Gasteiger partial charge on any atom is -0.508 e. The van der Waals surface area contributed by atoms with Crippen LogP contribution in [0.15, 0.2) is 54.6 Å². The molecule has 2 N–H and O–H groups in total. The zero-order valence-electron chi connectivity index (χ0n) is 13.0. The van der Waals surface area contributed by atoms with Gasteiger partial charge in [-0.1, -0.05) is 42.5 Å². The molecule has 0 radical (unpaired) electrons. The molecule has 2 aromatic carbocycles. The maximum Gasteiger partial charge on any atom is 0.408 e. The molecular formula is C18H21NO3. The van der Waals surface area contributed by atoms with E-state index >= 15 is 0 Å². The van der Waals surface area contributed by atoms with Gasteiger partial charge in [0.05, 0.1) is 6.04 Å². The van der Waals surface area contributed by atoms with E-state index in [4.69, 9.17) is 0 Å². The first-order valence-corrected chi connectivity index (χ1v) is 7.17. The van der Waals surface area contributed by atoms with Crippen LogP contribution in [0.5, 0.6) is 5.75 Å². The van der Waals surface area contributed by atoms with Gasteiger partial charge in [0, 0.05) is 5.54 Å². The third-order valence-corrected chi connectivity index (χ3v) is 3.49. The Morgan fingerprint density at radius 1 is 1.00 bits per heavy atom. The van der Waals surface area contributed by atoms with Gasteiger partial charge in [-0.15, -0.1) is 0 Å². The summed E-state index contributed by atoms with van der Waals surface area (Å²) in [5, 5.41) is 19.5. The van der Waals surface area contributed by atoms with E-state index < -0.39 is 17.7 Å². The van der Waals surface area contributed by atoms with Gasteiger partial charge in [0.1, 0.15) is 5.75 Å². The van der Waals surface area contributed by atoms with Crippen LogP contribution in [0, 0.1) is 0 Å². The number of carboxylic acid groups (broad SMARTS) is 1. The van der Waals surface area contributed by atoms with Crippen molar-refractivity contribution in [2.45, 2.75) is 32.4 Å². The van der Waals surface area contributed by atoms with Crippen LogP contribution in [0.4, 0.5) is 4.79 Å². The van der Waals surface area contributed by atoms with Crippen molar-refractivity contribution in [3.05, 3.63) is 65.7 Å². The normalized spacial score (nSPS) is 12.7. The molecular weight excluding hydrogens is 278 g/mol. The van der Waals surface area contributed by atoms with Crippen molar-refractivity contribution in [1.82, 2.24) is 4.90 Å². The molecule has 0 aromatic heterocycles. The summed E-state index contributed by atoms with van der Waals surface area (Å²) >= 11 is 0. The molecule has 116 valence electrons. The average Bonchev–Trinajstić information content (AvgIpc) is 2.43. The third-order valence-electron chi connectivity index (χ3n) is 3.49. The molecule has 0 bridgehead atoms. The summed E-state index contributed by atoms with van der Waals surface area (Å²) in [5.74, 6) is 0.123. The van der Waals surface area contributed by atoms with E-state index in [1.165, 1.54) is 4.90 Å². The van der Waals surface area contributed by atoms with Crippen LogP contribution >= 0.6 is 0 Å². The number of rotatable bonds is 3. The van der Waals surface area contributed by atoms with Gasteiger partial charge in [-0.3, -0.25) is 4.90 Å². The van der Waals surface area contributed by atoms with Crippen molar-refractivity contribution in [3.8, 4) is 5.75 Å². The molecule has 4 nitrogen and oxygen atoms in total. The molecule has 0 heterocycles. The van der Waals surface area contributed by atoms with Crippen molar-refractivity contribution < 1.29 is 15.0 Å². The Morgan fingerprint density at radius 2 is 1.59 bits per heavy atom. The van der Waals surface area contributed by atoms with E-state index in [9.17, 15) is 15.0 Å². The first-order valence-electron chi connectivity index (χ1n) is 7.17. The molecule has 0 spiro atoms. The molecule has 4 heteroatoms. The maximum absolute atomic E-state index is 11.9. The van der Waals surface area contributed by atoms with Gasteiger partial charge in [0.2, 0.25) is 0 Å². The Bertz CT molecular complexity index is 647. The fourth-order valence-corrected chi connectivity index (χ4v) is 2.61. The standard InChI is InChI=1S/C18H21NO3/c1-18(2,3)19(17(21)22)16(13-8-5-4-6-9-13)14-10-7-11-15(20)12-14/h4-12,16,20H,1-3H3,(H,21,22). The molecule has 2 aromatic rings. The zero-order chi connectivity index (χ0) is 16.3. The first kappa shape index (κ1) is 15.9. The van der Waals surface area contributed by atoms with Crippen molar-refractivity contribution in [3.63, 3.8) is 0 Å². The van der Waals surface area contributed by atoms with Crippen LogP contribution in [0.1, 0.15) is 37.9 Å². The lowest BCUT2D eigenvalue weighted by Crippen LogP contribution is -2.47. The lowest BCUT2D eigenvalue weighted by molar-refractivity contribution is 0.0809. The quantitative estimate of drug-likeness (QED) is 0.890. The molecule has 0 fully saturated rings. The molecule has 1 amide bonds. The molecule has 0 saturated carbocycles. The lowest BCUT2D eigenvalue weighted by atomic mass is 9.93. The second-order valence-electron chi connectivity index (χ2n) is 6.23. The lowest BCUT2D eigenvalue weighted by Gasteiger charge is -2.40. The summed E-state index contributed by atoms with van der Waals surface area (Å²) in [5.41, 5.74) is 1.02. The number of aromatic hydroxyl groups is 1.